The molecule has 1 saturated carbocycles. The largest absolute Gasteiger partial charge is 0.369 e. The lowest BCUT2D eigenvalue weighted by Gasteiger charge is -2.40. The molecule has 4 nitrogen and oxygen atoms in total. The molecule has 2 rings (SSSR count). The Bertz CT molecular complexity index is 360. The van der Waals surface area contributed by atoms with Gasteiger partial charge in [-0.2, -0.15) is 16.7 Å². The molecule has 1 aliphatic carbocycles. The second kappa shape index (κ2) is 5.58. The summed E-state index contributed by atoms with van der Waals surface area (Å²) in [6.45, 7) is 3.88. The number of nitrogens with zero attached hydrogens (tertiary/aromatic N) is 2. The van der Waals surface area contributed by atoms with Crippen LogP contribution in [0, 0.1) is 0 Å². The van der Waals surface area contributed by atoms with Gasteiger partial charge in [0.2, 0.25) is 5.95 Å². The van der Waals surface area contributed by atoms with E-state index in [-0.39, 0.29) is 0 Å². The first-order valence-electron chi connectivity index (χ1n) is 6.14. The van der Waals surface area contributed by atoms with Gasteiger partial charge in [-0.3, -0.25) is 0 Å². The molecule has 0 spiro atoms. The van der Waals surface area contributed by atoms with Crippen LogP contribution in [0.2, 0.25) is 0 Å². The Kier molecular flexibility index (Phi) is 4.10. The van der Waals surface area contributed by atoms with Crippen LogP contribution in [0.15, 0.2) is 12.3 Å². The molecule has 0 radical (unpaired) electrons. The van der Waals surface area contributed by atoms with Crippen molar-refractivity contribution < 1.29 is 0 Å². The number of hydrogen-bond acceptors (Lipinski definition) is 5. The second-order valence-corrected chi connectivity index (χ2v) is 5.66. The molecule has 0 amide bonds. The molecule has 1 aliphatic rings. The zero-order valence-electron chi connectivity index (χ0n) is 10.5. The van der Waals surface area contributed by atoms with Gasteiger partial charge in [0.15, 0.2) is 0 Å². The van der Waals surface area contributed by atoms with Crippen LogP contribution in [0.25, 0.3) is 0 Å². The van der Waals surface area contributed by atoms with E-state index in [0.29, 0.717) is 10.7 Å². The maximum absolute atomic E-state index is 4.42. The van der Waals surface area contributed by atoms with E-state index in [1.165, 1.54) is 19.3 Å². The van der Waals surface area contributed by atoms with E-state index in [2.05, 4.69) is 26.9 Å². The summed E-state index contributed by atoms with van der Waals surface area (Å²) < 4.78 is 0.434. The van der Waals surface area contributed by atoms with Crippen LogP contribution in [0.3, 0.4) is 0 Å². The average Bonchev–Trinajstić information content (AvgIpc) is 2.29. The summed E-state index contributed by atoms with van der Waals surface area (Å²) in [6.07, 6.45) is 7.97. The van der Waals surface area contributed by atoms with Gasteiger partial charge in [-0.25, -0.2) is 4.98 Å². The van der Waals surface area contributed by atoms with Crippen molar-refractivity contribution in [1.82, 2.24) is 9.97 Å². The van der Waals surface area contributed by atoms with E-state index < -0.39 is 0 Å². The lowest BCUT2D eigenvalue weighted by Crippen LogP contribution is -2.40. The number of nitrogens with one attached hydrogen (secondary N) is 2. The quantitative estimate of drug-likeness (QED) is 0.815. The van der Waals surface area contributed by atoms with Crippen molar-refractivity contribution in [3.05, 3.63) is 12.3 Å². The molecular weight excluding hydrogens is 232 g/mol. The lowest BCUT2D eigenvalue weighted by molar-refractivity contribution is 0.379. The summed E-state index contributed by atoms with van der Waals surface area (Å²) >= 11 is 1.97. The van der Waals surface area contributed by atoms with Crippen LogP contribution >= 0.6 is 11.8 Å². The fourth-order valence-electron chi connectivity index (χ4n) is 1.98. The normalized spacial score (nSPS) is 17.3. The fraction of sp³-hybridized carbons (Fsp3) is 0.667. The molecule has 0 saturated heterocycles. The Morgan fingerprint density at radius 3 is 2.82 bits per heavy atom. The number of aromatic nitrogens is 2. The highest BCUT2D eigenvalue weighted by Crippen LogP contribution is 2.42. The van der Waals surface area contributed by atoms with E-state index in [1.54, 1.807) is 6.20 Å². The smallest absolute Gasteiger partial charge is 0.224 e. The molecule has 1 heterocycles. The van der Waals surface area contributed by atoms with Crippen molar-refractivity contribution >= 4 is 23.5 Å². The molecule has 0 aromatic carbocycles. The maximum Gasteiger partial charge on any atom is 0.224 e. The van der Waals surface area contributed by atoms with Crippen molar-refractivity contribution in [1.29, 1.82) is 0 Å². The SMILES string of the molecule is CCNc1nccc(NCC2(SC)CCC2)n1. The first-order chi connectivity index (χ1) is 8.28. The van der Waals surface area contributed by atoms with Gasteiger partial charge in [0.05, 0.1) is 0 Å². The van der Waals surface area contributed by atoms with Crippen molar-refractivity contribution in [3.63, 3.8) is 0 Å². The third-order valence-corrected chi connectivity index (χ3v) is 4.70. The molecule has 0 unspecified atom stereocenters. The summed E-state index contributed by atoms with van der Waals surface area (Å²) in [7, 11) is 0. The van der Waals surface area contributed by atoms with E-state index >= 15 is 0 Å². The molecule has 94 valence electrons. The molecule has 0 aliphatic heterocycles. The molecule has 2 N–H and O–H groups in total. The molecule has 1 aromatic heterocycles. The topological polar surface area (TPSA) is 49.8 Å². The summed E-state index contributed by atoms with van der Waals surface area (Å²) in [5, 5.41) is 6.54. The van der Waals surface area contributed by atoms with Crippen molar-refractivity contribution in [2.75, 3.05) is 30.0 Å². The first-order valence-corrected chi connectivity index (χ1v) is 7.36. The standard InChI is InChI=1S/C12H20N4S/c1-3-13-11-14-8-5-10(16-11)15-9-12(17-2)6-4-7-12/h5,8H,3-4,6-7,9H2,1-2H3,(H2,13,14,15,16). The monoisotopic (exact) mass is 252 g/mol. The van der Waals surface area contributed by atoms with Gasteiger partial charge in [-0.1, -0.05) is 6.42 Å². The lowest BCUT2D eigenvalue weighted by atomic mass is 9.84. The van der Waals surface area contributed by atoms with Crippen LogP contribution in [-0.4, -0.2) is 34.1 Å². The zero-order valence-corrected chi connectivity index (χ0v) is 11.3. The van der Waals surface area contributed by atoms with Gasteiger partial charge in [-0.05, 0) is 32.1 Å². The van der Waals surface area contributed by atoms with Crippen LogP contribution in [0.4, 0.5) is 11.8 Å². The van der Waals surface area contributed by atoms with Gasteiger partial charge >= 0.3 is 0 Å². The van der Waals surface area contributed by atoms with E-state index in [1.807, 2.05) is 24.8 Å². The Morgan fingerprint density at radius 2 is 2.24 bits per heavy atom. The molecule has 17 heavy (non-hydrogen) atoms. The fourth-order valence-corrected chi connectivity index (χ4v) is 2.89. The van der Waals surface area contributed by atoms with Crippen LogP contribution in [0.5, 0.6) is 0 Å². The highest BCUT2D eigenvalue weighted by molar-refractivity contribution is 8.00. The predicted octanol–water partition coefficient (Wildman–Crippen LogP) is 2.61. The molecule has 0 atom stereocenters. The Hall–Kier alpha value is -0.970. The molecule has 1 aromatic rings. The second-order valence-electron chi connectivity index (χ2n) is 4.39. The van der Waals surface area contributed by atoms with Crippen molar-refractivity contribution in [2.24, 2.45) is 0 Å². The van der Waals surface area contributed by atoms with E-state index in [9.17, 15) is 0 Å². The molecule has 5 heteroatoms. The molecule has 1 fully saturated rings. The Labute approximate surface area is 107 Å². The third-order valence-electron chi connectivity index (χ3n) is 3.28. The minimum atomic E-state index is 0.434. The molecule has 0 bridgehead atoms. The minimum Gasteiger partial charge on any atom is -0.369 e. The Morgan fingerprint density at radius 1 is 1.41 bits per heavy atom. The van der Waals surface area contributed by atoms with Crippen molar-refractivity contribution in [2.45, 2.75) is 30.9 Å². The minimum absolute atomic E-state index is 0.434. The van der Waals surface area contributed by atoms with Crippen LogP contribution < -0.4 is 10.6 Å². The van der Waals surface area contributed by atoms with Gasteiger partial charge in [0.25, 0.3) is 0 Å². The third kappa shape index (κ3) is 3.03. The summed E-state index contributed by atoms with van der Waals surface area (Å²) in [4.78, 5) is 8.58. The van der Waals surface area contributed by atoms with Gasteiger partial charge < -0.3 is 10.6 Å². The number of anilines is 2. The number of rotatable bonds is 6. The Balaban J connectivity index is 1.92. The highest BCUT2D eigenvalue weighted by atomic mass is 32.2. The van der Waals surface area contributed by atoms with Crippen molar-refractivity contribution in [3.8, 4) is 0 Å². The van der Waals surface area contributed by atoms with Gasteiger partial charge in [0.1, 0.15) is 5.82 Å². The van der Waals surface area contributed by atoms with Gasteiger partial charge in [-0.15, -0.1) is 0 Å². The summed E-state index contributed by atoms with van der Waals surface area (Å²) in [5.74, 6) is 1.61. The van der Waals surface area contributed by atoms with Gasteiger partial charge in [0, 0.05) is 24.0 Å². The number of hydrogen-bond donors (Lipinski definition) is 2. The maximum atomic E-state index is 4.42. The molecular formula is C12H20N4S. The average molecular weight is 252 g/mol. The summed E-state index contributed by atoms with van der Waals surface area (Å²) in [6, 6.07) is 1.92. The zero-order chi connectivity index (χ0) is 12.1. The van der Waals surface area contributed by atoms with Crippen LogP contribution in [0.1, 0.15) is 26.2 Å². The van der Waals surface area contributed by atoms with E-state index in [0.717, 1.165) is 18.9 Å². The van der Waals surface area contributed by atoms with Crippen LogP contribution in [-0.2, 0) is 0 Å². The predicted molar refractivity (Wildman–Crippen MR) is 74.8 cm³/mol. The summed E-state index contributed by atoms with van der Waals surface area (Å²) in [5.41, 5.74) is 0. The number of thioether (sulfide) groups is 1. The first kappa shape index (κ1) is 12.5. The van der Waals surface area contributed by atoms with E-state index in [4.69, 9.17) is 0 Å². The highest BCUT2D eigenvalue weighted by Gasteiger charge is 2.35.